The molecular weight excluding hydrogens is 1440 g/mol. The van der Waals surface area contributed by atoms with E-state index in [9.17, 15) is 0 Å². The molecule has 0 saturated carbocycles. The van der Waals surface area contributed by atoms with Crippen molar-refractivity contribution < 1.29 is 0 Å². The van der Waals surface area contributed by atoms with E-state index in [4.69, 9.17) is 0 Å². The van der Waals surface area contributed by atoms with Crippen LogP contribution in [0.25, 0.3) is 129 Å². The second-order valence-corrected chi connectivity index (χ2v) is 32.9. The molecule has 0 saturated heterocycles. The van der Waals surface area contributed by atoms with Crippen molar-refractivity contribution in [2.75, 3.05) is 9.80 Å². The molecule has 2 heterocycles. The lowest BCUT2D eigenvalue weighted by molar-refractivity contribution is 0.768. The van der Waals surface area contributed by atoms with Gasteiger partial charge in [0, 0.05) is 84.6 Å². The minimum atomic E-state index is -0.735. The minimum absolute atomic E-state index is 0.525. The molecule has 0 aliphatic heterocycles. The maximum atomic E-state index is 2.58. The Morgan fingerprint density at radius 3 is 1.15 bits per heavy atom. The van der Waals surface area contributed by atoms with E-state index in [1.54, 1.807) is 0 Å². The standard InChI is InChI=1S/C112H72N2S2/c1-4-33-79(34-5-1)111(98-51-20-15-45-96(98)108-99(111)52-28-56-104(108)114(102-55-25-32-76-30-11-13-40-85(76)102)103-53-21-16-42-88(103)92-46-26-48-94-90-43-17-22-57-106(90)115-109(92)94)82-65-59-73(60-66-82)78-64-70-89(93-47-27-49-95-91-44-18-23-58-107(91)116-110(93)95)105(72-78)113(101-54-24-31-75-29-10-12-39-84(75)101)83-67-61-74(62-68-83)77-63-69-87-86-41-14-19-50-97(86)112(100(87)71-77,80-35-6-2-7-36-80)81-37-8-3-9-38-81/h1-72H. The van der Waals surface area contributed by atoms with Gasteiger partial charge in [-0.3, -0.25) is 0 Å². The number of anilines is 6. The molecule has 1 unspecified atom stereocenters. The Hall–Kier alpha value is -14.3. The summed E-state index contributed by atoms with van der Waals surface area (Å²) in [6.45, 7) is 0. The van der Waals surface area contributed by atoms with Crippen LogP contribution in [-0.4, -0.2) is 0 Å². The first-order chi connectivity index (χ1) is 57.6. The van der Waals surface area contributed by atoms with E-state index >= 15 is 0 Å². The van der Waals surface area contributed by atoms with Gasteiger partial charge in [0.1, 0.15) is 0 Å². The van der Waals surface area contributed by atoms with Gasteiger partial charge in [0.05, 0.1) is 39.3 Å². The molecule has 0 amide bonds. The quantitative estimate of drug-likeness (QED) is 0.107. The minimum Gasteiger partial charge on any atom is -0.309 e. The fraction of sp³-hybridized carbons (Fsp3) is 0.0179. The van der Waals surface area contributed by atoms with Gasteiger partial charge < -0.3 is 9.80 Å². The summed E-state index contributed by atoms with van der Waals surface area (Å²) in [4.78, 5) is 5.12. The van der Waals surface area contributed by atoms with Crippen molar-refractivity contribution in [3.8, 4) is 66.8 Å². The Morgan fingerprint density at radius 2 is 0.552 bits per heavy atom. The summed E-state index contributed by atoms with van der Waals surface area (Å²) in [7, 11) is 0. The van der Waals surface area contributed by atoms with Gasteiger partial charge in [-0.2, -0.15) is 0 Å². The monoisotopic (exact) mass is 1510 g/mol. The third-order valence-electron chi connectivity index (χ3n) is 24.9. The van der Waals surface area contributed by atoms with Gasteiger partial charge in [0.25, 0.3) is 0 Å². The number of benzene rings is 19. The molecule has 0 N–H and O–H groups in total. The number of rotatable bonds is 14. The largest absolute Gasteiger partial charge is 0.309 e. The SMILES string of the molecule is c1ccc(C2(c3ccccc3)c3ccccc3-c3ccc(-c4ccc(N(c5cc(-c6ccc(C7(c8ccccc8)c8ccccc8-c8c(N(c9ccccc9-c9cccc%10c9sc9ccccc9%10)c9cccc%10ccccc9%10)cccc87)cc6)ccc5-c5cccc6c5sc5ccccc56)c5cccc6ccccc56)cc4)cc32)cc1. The van der Waals surface area contributed by atoms with E-state index in [1.807, 2.05) is 22.7 Å². The molecule has 116 heavy (non-hydrogen) atoms. The van der Waals surface area contributed by atoms with Crippen LogP contribution in [0.2, 0.25) is 0 Å². The van der Waals surface area contributed by atoms with Crippen molar-refractivity contribution >= 4 is 119 Å². The van der Waals surface area contributed by atoms with Crippen molar-refractivity contribution in [2.24, 2.45) is 0 Å². The number of fused-ring (bicyclic) bond motifs is 14. The van der Waals surface area contributed by atoms with Crippen molar-refractivity contribution in [3.63, 3.8) is 0 Å². The average Bonchev–Trinajstić information content (AvgIpc) is 1.53. The number of thiophene rings is 2. The van der Waals surface area contributed by atoms with E-state index in [1.165, 1.54) is 146 Å². The number of hydrogen-bond acceptors (Lipinski definition) is 4. The third kappa shape index (κ3) is 10.3. The van der Waals surface area contributed by atoms with Crippen LogP contribution in [0.15, 0.2) is 437 Å². The van der Waals surface area contributed by atoms with E-state index in [-0.39, 0.29) is 0 Å². The topological polar surface area (TPSA) is 6.48 Å². The van der Waals surface area contributed by atoms with Crippen LogP contribution in [0.4, 0.5) is 34.1 Å². The fourth-order valence-electron chi connectivity index (χ4n) is 19.9. The molecule has 2 aliphatic carbocycles. The Bertz CT molecular complexity index is 7410. The molecule has 2 aromatic heterocycles. The molecule has 0 spiro atoms. The van der Waals surface area contributed by atoms with Gasteiger partial charge in [-0.05, 0) is 155 Å². The molecule has 19 aromatic carbocycles. The normalized spacial score (nSPS) is 13.8. The highest BCUT2D eigenvalue weighted by Crippen LogP contribution is 2.62. The maximum absolute atomic E-state index is 2.58. The van der Waals surface area contributed by atoms with Crippen molar-refractivity contribution in [1.82, 2.24) is 0 Å². The molecule has 21 aromatic rings. The summed E-state index contributed by atoms with van der Waals surface area (Å²) in [5, 5.41) is 9.80. The summed E-state index contributed by atoms with van der Waals surface area (Å²) >= 11 is 3.76. The molecule has 23 rings (SSSR count). The van der Waals surface area contributed by atoms with Gasteiger partial charge >= 0.3 is 0 Å². The summed E-state index contributed by atoms with van der Waals surface area (Å²) in [6.07, 6.45) is 0. The van der Waals surface area contributed by atoms with Crippen LogP contribution in [0.3, 0.4) is 0 Å². The number of nitrogens with zero attached hydrogens (tertiary/aromatic N) is 2. The first-order valence-corrected chi connectivity index (χ1v) is 41.7. The highest BCUT2D eigenvalue weighted by Gasteiger charge is 2.49. The van der Waals surface area contributed by atoms with Crippen LogP contribution in [0.5, 0.6) is 0 Å². The fourth-order valence-corrected chi connectivity index (χ4v) is 22.3. The molecule has 0 fully saturated rings. The number of para-hydroxylation sites is 1. The molecule has 0 radical (unpaired) electrons. The van der Waals surface area contributed by atoms with E-state index < -0.39 is 10.8 Å². The van der Waals surface area contributed by atoms with Crippen LogP contribution in [0.1, 0.15) is 44.5 Å². The van der Waals surface area contributed by atoms with Gasteiger partial charge in [0.15, 0.2) is 0 Å². The van der Waals surface area contributed by atoms with Gasteiger partial charge in [-0.1, -0.05) is 376 Å². The van der Waals surface area contributed by atoms with Crippen molar-refractivity contribution in [3.05, 3.63) is 481 Å². The molecule has 542 valence electrons. The molecule has 2 nitrogen and oxygen atoms in total. The lowest BCUT2D eigenvalue weighted by Gasteiger charge is -2.35. The predicted molar refractivity (Wildman–Crippen MR) is 493 cm³/mol. The molecule has 0 bridgehead atoms. The summed E-state index contributed by atoms with van der Waals surface area (Å²) in [5.41, 5.74) is 29.5. The van der Waals surface area contributed by atoms with E-state index in [2.05, 4.69) is 447 Å². The smallest absolute Gasteiger partial charge is 0.0714 e. The van der Waals surface area contributed by atoms with Crippen LogP contribution < -0.4 is 9.80 Å². The first-order valence-electron chi connectivity index (χ1n) is 40.0. The van der Waals surface area contributed by atoms with Crippen LogP contribution in [0, 0.1) is 0 Å². The zero-order valence-corrected chi connectivity index (χ0v) is 64.9. The Kier molecular flexibility index (Phi) is 15.8. The maximum Gasteiger partial charge on any atom is 0.0714 e. The van der Waals surface area contributed by atoms with Gasteiger partial charge in [-0.15, -0.1) is 22.7 Å². The molecule has 2 aliphatic rings. The summed E-state index contributed by atoms with van der Waals surface area (Å²) < 4.78 is 5.11. The lowest BCUT2D eigenvalue weighted by atomic mass is 9.67. The lowest BCUT2D eigenvalue weighted by Crippen LogP contribution is -2.28. The van der Waals surface area contributed by atoms with Crippen LogP contribution >= 0.6 is 22.7 Å². The molecular formula is C112H72N2S2. The van der Waals surface area contributed by atoms with Gasteiger partial charge in [-0.25, -0.2) is 0 Å². The Morgan fingerprint density at radius 1 is 0.190 bits per heavy atom. The third-order valence-corrected chi connectivity index (χ3v) is 27.3. The van der Waals surface area contributed by atoms with Crippen molar-refractivity contribution in [1.29, 1.82) is 0 Å². The molecule has 1 atom stereocenters. The van der Waals surface area contributed by atoms with Crippen molar-refractivity contribution in [2.45, 2.75) is 10.8 Å². The van der Waals surface area contributed by atoms with E-state index in [0.717, 1.165) is 61.8 Å². The second-order valence-electron chi connectivity index (χ2n) is 30.8. The highest BCUT2D eigenvalue weighted by molar-refractivity contribution is 7.26. The zero-order chi connectivity index (χ0) is 76.4. The highest BCUT2D eigenvalue weighted by atomic mass is 32.1. The summed E-state index contributed by atoms with van der Waals surface area (Å²) in [5.74, 6) is 0. The predicted octanol–water partition coefficient (Wildman–Crippen LogP) is 31.1. The zero-order valence-electron chi connectivity index (χ0n) is 63.3. The van der Waals surface area contributed by atoms with E-state index in [0.29, 0.717) is 0 Å². The van der Waals surface area contributed by atoms with Gasteiger partial charge in [0.2, 0.25) is 0 Å². The molecule has 4 heteroatoms. The Balaban J connectivity index is 0.704. The average molecular weight is 1510 g/mol. The van der Waals surface area contributed by atoms with Crippen LogP contribution in [-0.2, 0) is 10.8 Å². The first kappa shape index (κ1) is 67.4. The summed E-state index contributed by atoms with van der Waals surface area (Å²) in [6, 6.07) is 164. The second kappa shape index (κ2) is 27.3. The Labute approximate surface area is 682 Å². The number of hydrogen-bond donors (Lipinski definition) is 0.